The molecule has 0 radical (unpaired) electrons. The molecule has 0 aromatic rings. The van der Waals surface area contributed by atoms with Crippen LogP contribution in [0.4, 0.5) is 0 Å². The van der Waals surface area contributed by atoms with Gasteiger partial charge in [0.2, 0.25) is 0 Å². The number of ether oxygens (including phenoxy) is 2. The molecule has 2 atom stereocenters. The zero-order valence-electron chi connectivity index (χ0n) is 12.5. The molecule has 1 rings (SSSR count). The summed E-state index contributed by atoms with van der Waals surface area (Å²) in [6, 6.07) is 0. The Morgan fingerprint density at radius 1 is 1.35 bits per heavy atom. The van der Waals surface area contributed by atoms with Gasteiger partial charge in [-0.2, -0.15) is 0 Å². The number of esters is 1. The van der Waals surface area contributed by atoms with E-state index >= 15 is 0 Å². The minimum Gasteiger partial charge on any atom is -0.480 e. The van der Waals surface area contributed by atoms with Crippen LogP contribution in [-0.4, -0.2) is 36.4 Å². The average Bonchev–Trinajstić information content (AvgIpc) is 2.90. The Hall–Kier alpha value is -1.10. The summed E-state index contributed by atoms with van der Waals surface area (Å²) in [7, 11) is 0. The van der Waals surface area contributed by atoms with Crippen LogP contribution in [0.15, 0.2) is 0 Å². The fraction of sp³-hybridized carbons (Fsp3) is 0.867. The van der Waals surface area contributed by atoms with Gasteiger partial charge in [0.15, 0.2) is 5.41 Å². The number of aliphatic carboxylic acids is 1. The molecule has 5 nitrogen and oxygen atoms in total. The molecule has 0 amide bonds. The van der Waals surface area contributed by atoms with Gasteiger partial charge in [-0.15, -0.1) is 0 Å². The molecular formula is C15H26O5. The van der Waals surface area contributed by atoms with Crippen LogP contribution in [0.3, 0.4) is 0 Å². The highest BCUT2D eigenvalue weighted by Gasteiger charge is 2.46. The van der Waals surface area contributed by atoms with Crippen LogP contribution < -0.4 is 0 Å². The highest BCUT2D eigenvalue weighted by Crippen LogP contribution is 2.33. The van der Waals surface area contributed by atoms with Gasteiger partial charge in [0.05, 0.1) is 12.7 Å². The smallest absolute Gasteiger partial charge is 0.323 e. The standard InChI is InChI=1S/C15H26O5/c1-3-9-15(13(16)17,14(18)19-4-2)10-5-7-12-8-6-11-20-12/h12H,3-11H2,1-2H3,(H,16,17). The molecule has 0 aromatic heterocycles. The van der Waals surface area contributed by atoms with Crippen molar-refractivity contribution < 1.29 is 24.2 Å². The SMILES string of the molecule is CCCC(CCCC1CCCO1)(C(=O)O)C(=O)OCC. The van der Waals surface area contributed by atoms with E-state index in [0.29, 0.717) is 25.7 Å². The maximum absolute atomic E-state index is 12.1. The van der Waals surface area contributed by atoms with Gasteiger partial charge in [-0.05, 0) is 45.4 Å². The van der Waals surface area contributed by atoms with Crippen molar-refractivity contribution in [1.82, 2.24) is 0 Å². The van der Waals surface area contributed by atoms with Crippen LogP contribution >= 0.6 is 0 Å². The van der Waals surface area contributed by atoms with Gasteiger partial charge in [0.1, 0.15) is 0 Å². The first-order valence-electron chi connectivity index (χ1n) is 7.59. The molecule has 0 saturated carbocycles. The van der Waals surface area contributed by atoms with Crippen LogP contribution in [0.5, 0.6) is 0 Å². The van der Waals surface area contributed by atoms with E-state index < -0.39 is 17.4 Å². The van der Waals surface area contributed by atoms with Crippen molar-refractivity contribution in [2.24, 2.45) is 5.41 Å². The second-order valence-corrected chi connectivity index (χ2v) is 5.38. The molecular weight excluding hydrogens is 260 g/mol. The van der Waals surface area contributed by atoms with Crippen LogP contribution in [0.25, 0.3) is 0 Å². The van der Waals surface area contributed by atoms with E-state index in [0.717, 1.165) is 25.9 Å². The molecule has 20 heavy (non-hydrogen) atoms. The molecule has 1 aliphatic heterocycles. The first-order chi connectivity index (χ1) is 9.56. The molecule has 2 unspecified atom stereocenters. The third-order valence-electron chi connectivity index (χ3n) is 3.91. The maximum Gasteiger partial charge on any atom is 0.323 e. The second kappa shape index (κ2) is 8.25. The number of carbonyl (C=O) groups is 2. The van der Waals surface area contributed by atoms with Crippen molar-refractivity contribution in [3.8, 4) is 0 Å². The summed E-state index contributed by atoms with van der Waals surface area (Å²) >= 11 is 0. The Labute approximate surface area is 120 Å². The van der Waals surface area contributed by atoms with Crippen molar-refractivity contribution in [2.75, 3.05) is 13.2 Å². The Morgan fingerprint density at radius 2 is 2.10 bits per heavy atom. The maximum atomic E-state index is 12.1. The predicted molar refractivity (Wildman–Crippen MR) is 74.4 cm³/mol. The predicted octanol–water partition coefficient (Wildman–Crippen LogP) is 2.77. The lowest BCUT2D eigenvalue weighted by Crippen LogP contribution is -2.41. The van der Waals surface area contributed by atoms with E-state index in [1.54, 1.807) is 6.92 Å². The third-order valence-corrected chi connectivity index (χ3v) is 3.91. The Bertz CT molecular complexity index is 322. The molecule has 1 N–H and O–H groups in total. The van der Waals surface area contributed by atoms with Crippen LogP contribution in [-0.2, 0) is 19.1 Å². The number of rotatable bonds is 9. The zero-order chi connectivity index (χ0) is 15.0. The molecule has 0 spiro atoms. The van der Waals surface area contributed by atoms with E-state index in [-0.39, 0.29) is 12.7 Å². The van der Waals surface area contributed by atoms with Crippen LogP contribution in [0, 0.1) is 5.41 Å². The molecule has 1 aliphatic rings. The number of carboxylic acids is 1. The Balaban J connectivity index is 2.64. The van der Waals surface area contributed by atoms with Gasteiger partial charge in [0, 0.05) is 6.61 Å². The van der Waals surface area contributed by atoms with E-state index in [4.69, 9.17) is 9.47 Å². The Kier molecular flexibility index (Phi) is 6.99. The first-order valence-corrected chi connectivity index (χ1v) is 7.59. The first kappa shape index (κ1) is 17.0. The fourth-order valence-corrected chi connectivity index (χ4v) is 2.83. The van der Waals surface area contributed by atoms with Gasteiger partial charge in [-0.25, -0.2) is 0 Å². The largest absolute Gasteiger partial charge is 0.480 e. The number of carbonyl (C=O) groups excluding carboxylic acids is 1. The summed E-state index contributed by atoms with van der Waals surface area (Å²) in [4.78, 5) is 23.7. The minimum absolute atomic E-state index is 0.212. The summed E-state index contributed by atoms with van der Waals surface area (Å²) in [6.07, 6.45) is 5.13. The minimum atomic E-state index is -1.39. The molecule has 1 fully saturated rings. The topological polar surface area (TPSA) is 72.8 Å². The quantitative estimate of drug-likeness (QED) is 0.521. The molecule has 5 heteroatoms. The molecule has 0 aromatic carbocycles. The molecule has 0 bridgehead atoms. The fourth-order valence-electron chi connectivity index (χ4n) is 2.83. The zero-order valence-corrected chi connectivity index (χ0v) is 12.5. The molecule has 1 heterocycles. The highest BCUT2D eigenvalue weighted by atomic mass is 16.5. The van der Waals surface area contributed by atoms with Crippen LogP contribution in [0.1, 0.15) is 58.8 Å². The number of hydrogen-bond acceptors (Lipinski definition) is 4. The molecule has 1 saturated heterocycles. The van der Waals surface area contributed by atoms with Crippen LogP contribution in [0.2, 0.25) is 0 Å². The van der Waals surface area contributed by atoms with Crippen molar-refractivity contribution >= 4 is 11.9 Å². The summed E-state index contributed by atoms with van der Waals surface area (Å²) < 4.78 is 10.5. The van der Waals surface area contributed by atoms with Crippen molar-refractivity contribution in [3.63, 3.8) is 0 Å². The van der Waals surface area contributed by atoms with E-state index in [1.807, 2.05) is 6.92 Å². The van der Waals surface area contributed by atoms with E-state index in [9.17, 15) is 14.7 Å². The van der Waals surface area contributed by atoms with Gasteiger partial charge < -0.3 is 14.6 Å². The van der Waals surface area contributed by atoms with Gasteiger partial charge in [0.25, 0.3) is 0 Å². The van der Waals surface area contributed by atoms with Gasteiger partial charge in [-0.1, -0.05) is 13.3 Å². The summed E-state index contributed by atoms with van der Waals surface area (Å²) in [5, 5.41) is 9.51. The lowest BCUT2D eigenvalue weighted by atomic mass is 9.78. The van der Waals surface area contributed by atoms with Crippen molar-refractivity contribution in [3.05, 3.63) is 0 Å². The number of carboxylic acid groups (broad SMARTS) is 1. The summed E-state index contributed by atoms with van der Waals surface area (Å²) in [5.41, 5.74) is -1.39. The van der Waals surface area contributed by atoms with Crippen molar-refractivity contribution in [1.29, 1.82) is 0 Å². The van der Waals surface area contributed by atoms with Crippen molar-refractivity contribution in [2.45, 2.75) is 64.9 Å². The average molecular weight is 286 g/mol. The second-order valence-electron chi connectivity index (χ2n) is 5.38. The monoisotopic (exact) mass is 286 g/mol. The highest BCUT2D eigenvalue weighted by molar-refractivity contribution is 5.99. The summed E-state index contributed by atoms with van der Waals surface area (Å²) in [6.45, 7) is 4.59. The normalized spacial score (nSPS) is 21.4. The molecule has 0 aliphatic carbocycles. The Morgan fingerprint density at radius 3 is 2.60 bits per heavy atom. The van der Waals surface area contributed by atoms with Gasteiger partial charge in [-0.3, -0.25) is 9.59 Å². The van der Waals surface area contributed by atoms with E-state index in [2.05, 4.69) is 0 Å². The lowest BCUT2D eigenvalue weighted by molar-refractivity contribution is -0.170. The lowest BCUT2D eigenvalue weighted by Gasteiger charge is -2.27. The van der Waals surface area contributed by atoms with Gasteiger partial charge >= 0.3 is 11.9 Å². The third kappa shape index (κ3) is 4.20. The summed E-state index contributed by atoms with van der Waals surface area (Å²) in [5.74, 6) is -1.66. The van der Waals surface area contributed by atoms with E-state index in [1.165, 1.54) is 0 Å². The number of hydrogen-bond donors (Lipinski definition) is 1. The molecule has 116 valence electrons.